The van der Waals surface area contributed by atoms with E-state index in [2.05, 4.69) is 9.82 Å². The minimum absolute atomic E-state index is 0.00361. The number of halogens is 2. The lowest BCUT2D eigenvalue weighted by atomic mass is 9.89. The number of alkyl halides is 1. The van der Waals surface area contributed by atoms with Crippen molar-refractivity contribution in [2.45, 2.75) is 36.1 Å². The lowest BCUT2D eigenvalue weighted by Crippen LogP contribution is -2.35. The molecule has 1 aromatic rings. The molecular weight excluding hydrogens is 309 g/mol. The van der Waals surface area contributed by atoms with Gasteiger partial charge in [-0.1, -0.05) is 24.4 Å². The first kappa shape index (κ1) is 15.1. The molecule has 0 aromatic carbocycles. The minimum atomic E-state index is -3.64. The van der Waals surface area contributed by atoms with Gasteiger partial charge in [-0.25, -0.2) is 13.1 Å². The van der Waals surface area contributed by atoms with Crippen LogP contribution < -0.4 is 4.72 Å². The summed E-state index contributed by atoms with van der Waals surface area (Å²) in [5, 5.41) is 3.99. The van der Waals surface area contributed by atoms with Crippen molar-refractivity contribution in [3.63, 3.8) is 0 Å². The van der Waals surface area contributed by atoms with Gasteiger partial charge in [-0.2, -0.15) is 5.10 Å². The van der Waals surface area contributed by atoms with Gasteiger partial charge in [0.25, 0.3) is 10.0 Å². The smallest absolute Gasteiger partial charge is 0.255 e. The van der Waals surface area contributed by atoms with E-state index in [1.807, 2.05) is 0 Å². The normalized spacial score (nSPS) is 24.6. The number of hydrogen-bond acceptors (Lipinski definition) is 3. The molecule has 0 amide bonds. The van der Waals surface area contributed by atoms with Crippen LogP contribution in [0.3, 0.4) is 0 Å². The molecule has 1 heterocycles. The van der Waals surface area contributed by atoms with Crippen LogP contribution in [0.1, 0.15) is 25.7 Å². The van der Waals surface area contributed by atoms with E-state index in [9.17, 15) is 8.42 Å². The van der Waals surface area contributed by atoms with Crippen LogP contribution >= 0.6 is 23.2 Å². The first-order valence-electron chi connectivity index (χ1n) is 6.23. The third kappa shape index (κ3) is 3.42. The van der Waals surface area contributed by atoms with Gasteiger partial charge in [-0.15, -0.1) is 11.6 Å². The third-order valence-corrected chi connectivity index (χ3v) is 5.95. The van der Waals surface area contributed by atoms with E-state index in [4.69, 9.17) is 23.2 Å². The van der Waals surface area contributed by atoms with Crippen LogP contribution in [0.5, 0.6) is 0 Å². The molecule has 2 atom stereocenters. The summed E-state index contributed by atoms with van der Waals surface area (Å²) in [5.41, 5.74) is 0. The van der Waals surface area contributed by atoms with E-state index in [-0.39, 0.29) is 21.3 Å². The zero-order valence-electron chi connectivity index (χ0n) is 10.6. The van der Waals surface area contributed by atoms with Crippen LogP contribution in [0.15, 0.2) is 11.2 Å². The number of hydrogen-bond donors (Lipinski definition) is 1. The SMILES string of the molecule is Cn1ncc(Cl)c1S(=O)(=O)NCC1CCCCC1Cl. The van der Waals surface area contributed by atoms with Gasteiger partial charge in [0, 0.05) is 19.0 Å². The minimum Gasteiger partial charge on any atom is -0.255 e. The van der Waals surface area contributed by atoms with Crippen LogP contribution in [-0.2, 0) is 17.1 Å². The molecule has 2 rings (SSSR count). The van der Waals surface area contributed by atoms with Crippen molar-refractivity contribution in [3.8, 4) is 0 Å². The molecule has 0 radical (unpaired) electrons. The number of nitrogens with one attached hydrogen (secondary N) is 1. The number of nitrogens with zero attached hydrogens (tertiary/aromatic N) is 2. The van der Waals surface area contributed by atoms with Crippen LogP contribution in [0.4, 0.5) is 0 Å². The highest BCUT2D eigenvalue weighted by Crippen LogP contribution is 2.28. The largest absolute Gasteiger partial charge is 0.259 e. The fourth-order valence-electron chi connectivity index (χ4n) is 2.38. The van der Waals surface area contributed by atoms with Gasteiger partial charge in [0.15, 0.2) is 5.03 Å². The molecule has 8 heteroatoms. The Morgan fingerprint density at radius 1 is 1.47 bits per heavy atom. The van der Waals surface area contributed by atoms with Crippen molar-refractivity contribution < 1.29 is 8.42 Å². The summed E-state index contributed by atoms with van der Waals surface area (Å²) in [6, 6.07) is 0. The zero-order chi connectivity index (χ0) is 14.0. The number of aromatic nitrogens is 2. The molecule has 0 saturated heterocycles. The van der Waals surface area contributed by atoms with Crippen LogP contribution in [0, 0.1) is 5.92 Å². The number of aryl methyl sites for hydroxylation is 1. The number of sulfonamides is 1. The molecule has 1 aliphatic rings. The van der Waals surface area contributed by atoms with Crippen LogP contribution in [0.25, 0.3) is 0 Å². The van der Waals surface area contributed by atoms with Gasteiger partial charge in [-0.3, -0.25) is 4.68 Å². The van der Waals surface area contributed by atoms with Crippen molar-refractivity contribution >= 4 is 33.2 Å². The standard InChI is InChI=1S/C11H17Cl2N3O2S/c1-16-11(10(13)7-14-16)19(17,18)15-6-8-4-2-3-5-9(8)12/h7-9,15H,2-6H2,1H3. The maximum absolute atomic E-state index is 12.2. The van der Waals surface area contributed by atoms with Crippen molar-refractivity contribution in [1.82, 2.24) is 14.5 Å². The summed E-state index contributed by atoms with van der Waals surface area (Å²) in [5.74, 6) is 0.178. The van der Waals surface area contributed by atoms with Crippen LogP contribution in [0.2, 0.25) is 5.02 Å². The highest BCUT2D eigenvalue weighted by atomic mass is 35.5. The average molecular weight is 326 g/mol. The monoisotopic (exact) mass is 325 g/mol. The molecule has 5 nitrogen and oxygen atoms in total. The molecule has 108 valence electrons. The van der Waals surface area contributed by atoms with E-state index in [0.717, 1.165) is 25.7 Å². The molecule has 2 unspecified atom stereocenters. The molecule has 1 fully saturated rings. The lowest BCUT2D eigenvalue weighted by Gasteiger charge is -2.26. The van der Waals surface area contributed by atoms with Gasteiger partial charge in [0.1, 0.15) is 0 Å². The number of rotatable bonds is 4. The molecule has 1 N–H and O–H groups in total. The molecule has 19 heavy (non-hydrogen) atoms. The maximum atomic E-state index is 12.2. The maximum Gasteiger partial charge on any atom is 0.259 e. The van der Waals surface area contributed by atoms with Gasteiger partial charge in [0.2, 0.25) is 0 Å². The summed E-state index contributed by atoms with van der Waals surface area (Å²) >= 11 is 12.1. The van der Waals surface area contributed by atoms with E-state index >= 15 is 0 Å². The highest BCUT2D eigenvalue weighted by molar-refractivity contribution is 7.89. The summed E-state index contributed by atoms with van der Waals surface area (Å²) in [4.78, 5) is 0. The Bertz CT molecular complexity index is 525. The second-order valence-corrected chi connectivity index (χ2v) is 7.48. The van der Waals surface area contributed by atoms with E-state index in [0.29, 0.717) is 6.54 Å². The van der Waals surface area contributed by atoms with Gasteiger partial charge >= 0.3 is 0 Å². The Labute approximate surface area is 123 Å². The Balaban J connectivity index is 2.06. The second-order valence-electron chi connectivity index (χ2n) is 4.83. The average Bonchev–Trinajstić information content (AvgIpc) is 2.69. The lowest BCUT2D eigenvalue weighted by molar-refractivity contribution is 0.363. The van der Waals surface area contributed by atoms with E-state index in [1.54, 1.807) is 7.05 Å². The Morgan fingerprint density at radius 2 is 2.16 bits per heavy atom. The third-order valence-electron chi connectivity index (χ3n) is 3.45. The fourth-order valence-corrected chi connectivity index (χ4v) is 4.49. The van der Waals surface area contributed by atoms with Crippen molar-refractivity contribution in [2.24, 2.45) is 13.0 Å². The zero-order valence-corrected chi connectivity index (χ0v) is 13.0. The Hall–Kier alpha value is -0.300. The molecule has 0 spiro atoms. The summed E-state index contributed by atoms with van der Waals surface area (Å²) in [6.45, 7) is 0.345. The van der Waals surface area contributed by atoms with Gasteiger partial charge in [-0.05, 0) is 18.8 Å². The quantitative estimate of drug-likeness (QED) is 0.862. The van der Waals surface area contributed by atoms with Crippen molar-refractivity contribution in [3.05, 3.63) is 11.2 Å². The predicted molar refractivity (Wildman–Crippen MR) is 75.0 cm³/mol. The van der Waals surface area contributed by atoms with Gasteiger partial charge < -0.3 is 0 Å². The summed E-state index contributed by atoms with van der Waals surface area (Å²) in [7, 11) is -2.09. The molecule has 0 bridgehead atoms. The highest BCUT2D eigenvalue weighted by Gasteiger charge is 2.27. The van der Waals surface area contributed by atoms with E-state index < -0.39 is 10.0 Å². The fraction of sp³-hybridized carbons (Fsp3) is 0.727. The summed E-state index contributed by atoms with van der Waals surface area (Å²) in [6.07, 6.45) is 5.43. The first-order valence-corrected chi connectivity index (χ1v) is 8.53. The summed E-state index contributed by atoms with van der Waals surface area (Å²) < 4.78 is 28.2. The van der Waals surface area contributed by atoms with E-state index in [1.165, 1.54) is 10.9 Å². The topological polar surface area (TPSA) is 64.0 Å². The van der Waals surface area contributed by atoms with Crippen molar-refractivity contribution in [1.29, 1.82) is 0 Å². The van der Waals surface area contributed by atoms with Crippen LogP contribution in [-0.4, -0.2) is 30.1 Å². The molecule has 1 aliphatic carbocycles. The predicted octanol–water partition coefficient (Wildman–Crippen LogP) is 2.15. The Kier molecular flexibility index (Phi) is 4.76. The molecule has 1 aromatic heterocycles. The Morgan fingerprint density at radius 3 is 2.74 bits per heavy atom. The first-order chi connectivity index (χ1) is 8.92. The molecular formula is C11H17Cl2N3O2S. The van der Waals surface area contributed by atoms with Crippen molar-refractivity contribution in [2.75, 3.05) is 6.54 Å². The van der Waals surface area contributed by atoms with Gasteiger partial charge in [0.05, 0.1) is 11.2 Å². The second kappa shape index (κ2) is 5.99. The molecule has 0 aliphatic heterocycles. The molecule has 1 saturated carbocycles.